The Labute approximate surface area is 268 Å². The molecule has 4 nitrogen and oxygen atoms in total. The Morgan fingerprint density at radius 3 is 2.33 bits per heavy atom. The molecule has 1 saturated heterocycles. The fourth-order valence-electron chi connectivity index (χ4n) is 10.3. The molecule has 1 heterocycles. The van der Waals surface area contributed by atoms with E-state index in [1.165, 1.54) is 0 Å². The number of fused-ring (bicyclic) bond motifs is 5. The third-order valence-corrected chi connectivity index (χ3v) is 12.7. The van der Waals surface area contributed by atoms with E-state index in [1.807, 2.05) is 0 Å². The maximum atomic E-state index is 13.3. The van der Waals surface area contributed by atoms with Crippen LogP contribution in [0.25, 0.3) is 0 Å². The molecule has 1 aromatic rings. The lowest BCUT2D eigenvalue weighted by Gasteiger charge is -2.58. The molecule has 10 heteroatoms. The number of hydrogen-bond donors (Lipinski definition) is 1. The van der Waals surface area contributed by atoms with Crippen LogP contribution < -0.4 is 5.32 Å². The quantitative estimate of drug-likeness (QED) is 0.245. The van der Waals surface area contributed by atoms with Crippen LogP contribution in [-0.2, 0) is 21.8 Å². The van der Waals surface area contributed by atoms with Gasteiger partial charge in [-0.15, -0.1) is 0 Å². The van der Waals surface area contributed by atoms with Crippen molar-refractivity contribution >= 4 is 5.91 Å². The monoisotopic (exact) mass is 655 g/mol. The van der Waals surface area contributed by atoms with E-state index >= 15 is 0 Å². The average molecular weight is 656 g/mol. The number of hydrogen-bond acceptors (Lipinski definition) is 3. The standard InChI is InChI=1S/C36H47F6NO3/c1-21(20-43-32(44)22-16-24(35(37,38)39)18-25(17-22)36(40,41)42)28-9-10-29-27-8-7-23-19-26(46-31-6-4-5-15-45-31)11-13-33(23,2)30(27)12-14-34(28,29)3/h7,16-18,21,26-31H,4-6,8-15,19-20H2,1-3H3,(H,43,44)/t21-,26+,27+,28-,29+,30+,31?,33+,34-/m1/s1. The second kappa shape index (κ2) is 12.4. The number of amides is 1. The molecule has 1 amide bonds. The van der Waals surface area contributed by atoms with Crippen molar-refractivity contribution in [2.45, 2.75) is 116 Å². The van der Waals surface area contributed by atoms with Crippen molar-refractivity contribution in [2.24, 2.45) is 40.4 Å². The molecule has 0 radical (unpaired) electrons. The van der Waals surface area contributed by atoms with E-state index in [0.717, 1.165) is 77.2 Å². The van der Waals surface area contributed by atoms with Gasteiger partial charge in [0.05, 0.1) is 17.2 Å². The van der Waals surface area contributed by atoms with Crippen molar-refractivity contribution < 1.29 is 40.6 Å². The summed E-state index contributed by atoms with van der Waals surface area (Å²) in [4.78, 5) is 12.9. The van der Waals surface area contributed by atoms with Crippen LogP contribution >= 0.6 is 0 Å². The molecule has 46 heavy (non-hydrogen) atoms. The van der Waals surface area contributed by atoms with E-state index in [2.05, 4.69) is 32.2 Å². The second-order valence-corrected chi connectivity index (χ2v) is 15.3. The van der Waals surface area contributed by atoms with Gasteiger partial charge in [-0.1, -0.05) is 32.4 Å². The number of ether oxygens (including phenoxy) is 2. The summed E-state index contributed by atoms with van der Waals surface area (Å²) in [7, 11) is 0. The normalized spacial score (nSPS) is 37.0. The number of alkyl halides is 6. The van der Waals surface area contributed by atoms with Gasteiger partial charge < -0.3 is 14.8 Å². The number of allylic oxidation sites excluding steroid dienone is 1. The van der Waals surface area contributed by atoms with E-state index in [0.29, 0.717) is 35.8 Å². The summed E-state index contributed by atoms with van der Waals surface area (Å²) in [6, 6.07) is 1.04. The number of nitrogens with one attached hydrogen (secondary N) is 1. The fourth-order valence-corrected chi connectivity index (χ4v) is 10.3. The molecule has 0 bridgehead atoms. The summed E-state index contributed by atoms with van der Waals surface area (Å²) in [5.74, 6) is 1.18. The third-order valence-electron chi connectivity index (χ3n) is 12.7. The first-order valence-corrected chi connectivity index (χ1v) is 17.1. The van der Waals surface area contributed by atoms with Crippen LogP contribution in [-0.4, -0.2) is 31.5 Å². The van der Waals surface area contributed by atoms with Gasteiger partial charge in [0.1, 0.15) is 0 Å². The van der Waals surface area contributed by atoms with Gasteiger partial charge in [0.2, 0.25) is 0 Å². The Kier molecular flexibility index (Phi) is 9.14. The zero-order valence-electron chi connectivity index (χ0n) is 27.0. The van der Waals surface area contributed by atoms with E-state index in [-0.39, 0.29) is 41.8 Å². The first kappa shape index (κ1) is 33.8. The lowest BCUT2D eigenvalue weighted by atomic mass is 9.47. The van der Waals surface area contributed by atoms with Crippen LogP contribution in [0.4, 0.5) is 26.3 Å². The van der Waals surface area contributed by atoms with Gasteiger partial charge in [0.15, 0.2) is 6.29 Å². The van der Waals surface area contributed by atoms with Gasteiger partial charge in [0.25, 0.3) is 5.91 Å². The molecule has 0 aromatic heterocycles. The number of benzene rings is 1. The Morgan fingerprint density at radius 1 is 0.957 bits per heavy atom. The summed E-state index contributed by atoms with van der Waals surface area (Å²) in [6.07, 6.45) is 4.46. The summed E-state index contributed by atoms with van der Waals surface area (Å²) in [5, 5.41) is 2.67. The molecule has 1 aromatic carbocycles. The molecule has 6 rings (SSSR count). The van der Waals surface area contributed by atoms with Crippen molar-refractivity contribution in [2.75, 3.05) is 13.2 Å². The summed E-state index contributed by atoms with van der Waals surface area (Å²) in [6.45, 7) is 7.88. The minimum absolute atomic E-state index is 0.0308. The fraction of sp³-hybridized carbons (Fsp3) is 0.750. The molecule has 0 spiro atoms. The highest BCUT2D eigenvalue weighted by atomic mass is 19.4. The molecule has 9 atom stereocenters. The van der Waals surface area contributed by atoms with E-state index < -0.39 is 35.0 Å². The highest BCUT2D eigenvalue weighted by Gasteiger charge is 2.59. The molecule has 4 fully saturated rings. The van der Waals surface area contributed by atoms with Crippen molar-refractivity contribution in [3.63, 3.8) is 0 Å². The Hall–Kier alpha value is -2.07. The highest BCUT2D eigenvalue weighted by Crippen LogP contribution is 2.67. The first-order chi connectivity index (χ1) is 21.6. The maximum absolute atomic E-state index is 13.3. The molecule has 1 unspecified atom stereocenters. The third kappa shape index (κ3) is 6.38. The molecular formula is C36H47F6NO3. The summed E-state index contributed by atoms with van der Waals surface area (Å²) in [5.41, 5.74) is -1.80. The first-order valence-electron chi connectivity index (χ1n) is 17.1. The van der Waals surface area contributed by atoms with Crippen LogP contribution in [0.2, 0.25) is 0 Å². The van der Waals surface area contributed by atoms with Crippen molar-refractivity contribution in [3.05, 3.63) is 46.5 Å². The topological polar surface area (TPSA) is 47.6 Å². The van der Waals surface area contributed by atoms with Crippen LogP contribution in [0.1, 0.15) is 113 Å². The predicted molar refractivity (Wildman–Crippen MR) is 162 cm³/mol. The van der Waals surface area contributed by atoms with Gasteiger partial charge >= 0.3 is 12.4 Å². The van der Waals surface area contributed by atoms with E-state index in [1.54, 1.807) is 5.57 Å². The van der Waals surface area contributed by atoms with Gasteiger partial charge in [-0.25, -0.2) is 0 Å². The lowest BCUT2D eigenvalue weighted by molar-refractivity contribution is -0.195. The van der Waals surface area contributed by atoms with Crippen LogP contribution in [0, 0.1) is 40.4 Å². The van der Waals surface area contributed by atoms with Gasteiger partial charge in [0, 0.05) is 18.7 Å². The number of rotatable bonds is 6. The van der Waals surface area contributed by atoms with Crippen LogP contribution in [0.5, 0.6) is 0 Å². The molecule has 3 saturated carbocycles. The van der Waals surface area contributed by atoms with Crippen molar-refractivity contribution in [3.8, 4) is 0 Å². The number of halogens is 6. The van der Waals surface area contributed by atoms with E-state index in [4.69, 9.17) is 9.47 Å². The minimum Gasteiger partial charge on any atom is -0.353 e. The minimum atomic E-state index is -5.00. The zero-order valence-corrected chi connectivity index (χ0v) is 27.0. The Morgan fingerprint density at radius 2 is 1.67 bits per heavy atom. The van der Waals surface area contributed by atoms with Crippen molar-refractivity contribution in [1.29, 1.82) is 0 Å². The average Bonchev–Trinajstić information content (AvgIpc) is 3.36. The second-order valence-electron chi connectivity index (χ2n) is 15.3. The summed E-state index contributed by atoms with van der Waals surface area (Å²) >= 11 is 0. The molecule has 1 N–H and O–H groups in total. The predicted octanol–water partition coefficient (Wildman–Crippen LogP) is 9.58. The maximum Gasteiger partial charge on any atom is 0.416 e. The SMILES string of the molecule is C[C@H](CNC(=O)c1cc(C(F)(F)F)cc(C(F)(F)F)c1)[C@H]1CC[C@H]2[C@@H]3CC=C4C[C@@H](OC5CCCCO5)CC[C@]4(C)[C@H]3CC[C@]12C. The van der Waals surface area contributed by atoms with Gasteiger partial charge in [-0.3, -0.25) is 4.79 Å². The molecule has 5 aliphatic rings. The van der Waals surface area contributed by atoms with Gasteiger partial charge in [-0.2, -0.15) is 26.3 Å². The Balaban J connectivity index is 1.10. The summed E-state index contributed by atoms with van der Waals surface area (Å²) < 4.78 is 92.3. The largest absolute Gasteiger partial charge is 0.416 e. The van der Waals surface area contributed by atoms with Crippen molar-refractivity contribution in [1.82, 2.24) is 5.32 Å². The number of carbonyl (C=O) groups is 1. The zero-order chi connectivity index (χ0) is 33.1. The molecular weight excluding hydrogens is 608 g/mol. The Bertz CT molecular complexity index is 1290. The van der Waals surface area contributed by atoms with Crippen LogP contribution in [0.15, 0.2) is 29.8 Å². The number of carbonyl (C=O) groups excluding carboxylic acids is 1. The van der Waals surface area contributed by atoms with Gasteiger partial charge in [-0.05, 0) is 129 Å². The molecule has 256 valence electrons. The lowest BCUT2D eigenvalue weighted by Crippen LogP contribution is -2.51. The molecule has 1 aliphatic heterocycles. The molecule has 4 aliphatic carbocycles. The van der Waals surface area contributed by atoms with E-state index in [9.17, 15) is 31.1 Å². The highest BCUT2D eigenvalue weighted by molar-refractivity contribution is 5.94. The smallest absolute Gasteiger partial charge is 0.353 e. The van der Waals surface area contributed by atoms with Crippen LogP contribution in [0.3, 0.4) is 0 Å².